The number of benzene rings is 1. The minimum absolute atomic E-state index is 0.142. The van der Waals surface area contributed by atoms with Crippen molar-refractivity contribution >= 4 is 17.3 Å². The third kappa shape index (κ3) is 3.24. The van der Waals surface area contributed by atoms with Gasteiger partial charge in [0.15, 0.2) is 0 Å². The van der Waals surface area contributed by atoms with Gasteiger partial charge in [0.25, 0.3) is 0 Å². The molecule has 0 atom stereocenters. The van der Waals surface area contributed by atoms with E-state index in [2.05, 4.69) is 42.7 Å². The fourth-order valence-electron chi connectivity index (χ4n) is 4.19. The van der Waals surface area contributed by atoms with Crippen LogP contribution in [0.5, 0.6) is 0 Å². The first kappa shape index (κ1) is 17.1. The molecule has 0 saturated carbocycles. The molecule has 2 heterocycles. The number of hydrogen-bond acceptors (Lipinski definition) is 3. The summed E-state index contributed by atoms with van der Waals surface area (Å²) in [7, 11) is 0. The van der Waals surface area contributed by atoms with E-state index in [1.54, 1.807) is 0 Å². The molecule has 0 amide bonds. The van der Waals surface area contributed by atoms with E-state index in [1.165, 1.54) is 37.2 Å². The smallest absolute Gasteiger partial charge is 0.0410 e. The maximum Gasteiger partial charge on any atom is 0.0410 e. The number of nitrogens with two attached hydrogens (primary N) is 1. The molecule has 0 radical (unpaired) electrons. The van der Waals surface area contributed by atoms with Gasteiger partial charge in [-0.2, -0.15) is 0 Å². The molecule has 0 aliphatic carbocycles. The van der Waals surface area contributed by atoms with Crippen molar-refractivity contribution in [2.24, 2.45) is 5.73 Å². The topological polar surface area (TPSA) is 32.5 Å². The van der Waals surface area contributed by atoms with Gasteiger partial charge in [-0.05, 0) is 90.0 Å². The third-order valence-corrected chi connectivity index (χ3v) is 5.82. The first-order valence-corrected chi connectivity index (χ1v) is 9.24. The lowest BCUT2D eigenvalue weighted by atomic mass is 9.74. The lowest BCUT2D eigenvalue weighted by Gasteiger charge is -2.42. The summed E-state index contributed by atoms with van der Waals surface area (Å²) in [6.07, 6.45) is 3.54. The quantitative estimate of drug-likeness (QED) is 0.915. The van der Waals surface area contributed by atoms with Crippen molar-refractivity contribution in [3.63, 3.8) is 0 Å². The number of likely N-dealkylation sites (tertiary alicyclic amines) is 1. The predicted molar refractivity (Wildman–Crippen MR) is 99.6 cm³/mol. The molecule has 1 fully saturated rings. The Morgan fingerprint density at radius 1 is 1.22 bits per heavy atom. The van der Waals surface area contributed by atoms with E-state index in [4.69, 9.17) is 17.3 Å². The van der Waals surface area contributed by atoms with E-state index in [1.807, 2.05) is 6.07 Å². The summed E-state index contributed by atoms with van der Waals surface area (Å²) in [6.45, 7) is 12.3. The Balaban J connectivity index is 1.86. The van der Waals surface area contributed by atoms with Crippen molar-refractivity contribution < 1.29 is 0 Å². The largest absolute Gasteiger partial charge is 0.366 e. The number of hydrogen-bond donors (Lipinski definition) is 1. The average Bonchev–Trinajstić information content (AvgIpc) is 2.81. The van der Waals surface area contributed by atoms with Crippen LogP contribution < -0.4 is 10.6 Å². The molecule has 0 unspecified atom stereocenters. The number of halogens is 1. The maximum atomic E-state index is 6.34. The zero-order chi connectivity index (χ0) is 16.7. The van der Waals surface area contributed by atoms with E-state index in [0.29, 0.717) is 0 Å². The monoisotopic (exact) mass is 335 g/mol. The van der Waals surface area contributed by atoms with Gasteiger partial charge in [-0.1, -0.05) is 11.6 Å². The van der Waals surface area contributed by atoms with E-state index >= 15 is 0 Å². The highest BCUT2D eigenvalue weighted by atomic mass is 35.5. The number of piperidine rings is 1. The van der Waals surface area contributed by atoms with E-state index in [0.717, 1.165) is 31.1 Å². The summed E-state index contributed by atoms with van der Waals surface area (Å²) in [5, 5.41) is 0.865. The third-order valence-electron chi connectivity index (χ3n) is 5.58. The standard InChI is InChI=1S/C19H30ClN3/c1-18(2,3)23-14-19(16-13-15(20)5-6-17(16)23)7-11-22(12-8-19)10-4-9-21/h5-6,13H,4,7-12,14,21H2,1-3H3. The zero-order valence-corrected chi connectivity index (χ0v) is 15.5. The molecule has 0 bridgehead atoms. The molecule has 23 heavy (non-hydrogen) atoms. The summed E-state index contributed by atoms with van der Waals surface area (Å²) in [5.41, 5.74) is 8.93. The van der Waals surface area contributed by atoms with Crippen LogP contribution in [-0.2, 0) is 5.41 Å². The Morgan fingerprint density at radius 3 is 2.52 bits per heavy atom. The van der Waals surface area contributed by atoms with Crippen molar-refractivity contribution in [2.45, 2.75) is 51.0 Å². The van der Waals surface area contributed by atoms with Gasteiger partial charge < -0.3 is 15.5 Å². The van der Waals surface area contributed by atoms with Crippen molar-refractivity contribution in [1.82, 2.24) is 4.90 Å². The first-order chi connectivity index (χ1) is 10.9. The second-order valence-electron chi connectivity index (χ2n) is 8.18. The molecule has 3 nitrogen and oxygen atoms in total. The Kier molecular flexibility index (Phi) is 4.65. The Bertz CT molecular complexity index is 556. The number of rotatable bonds is 3. The van der Waals surface area contributed by atoms with Gasteiger partial charge in [0.2, 0.25) is 0 Å². The van der Waals surface area contributed by atoms with E-state index in [9.17, 15) is 0 Å². The predicted octanol–water partition coefficient (Wildman–Crippen LogP) is 3.64. The summed E-state index contributed by atoms with van der Waals surface area (Å²) >= 11 is 6.34. The molecule has 1 aromatic carbocycles. The minimum atomic E-state index is 0.142. The van der Waals surface area contributed by atoms with Gasteiger partial charge in [0, 0.05) is 28.2 Å². The highest BCUT2D eigenvalue weighted by Gasteiger charge is 2.46. The molecule has 2 aliphatic heterocycles. The number of nitrogens with zero attached hydrogens (tertiary/aromatic N) is 2. The molecule has 4 heteroatoms. The molecule has 3 rings (SSSR count). The second kappa shape index (κ2) is 6.27. The Hall–Kier alpha value is -0.770. The maximum absolute atomic E-state index is 6.34. The SMILES string of the molecule is CC(C)(C)N1CC2(CCN(CCCN)CC2)c2cc(Cl)ccc21. The minimum Gasteiger partial charge on any atom is -0.366 e. The molecule has 2 N–H and O–H groups in total. The van der Waals surface area contributed by atoms with Gasteiger partial charge in [-0.25, -0.2) is 0 Å². The van der Waals surface area contributed by atoms with Crippen molar-refractivity contribution in [3.8, 4) is 0 Å². The second-order valence-corrected chi connectivity index (χ2v) is 8.62. The van der Waals surface area contributed by atoms with Gasteiger partial charge in [-0.15, -0.1) is 0 Å². The van der Waals surface area contributed by atoms with Crippen LogP contribution in [0.15, 0.2) is 18.2 Å². The molecule has 1 saturated heterocycles. The summed E-state index contributed by atoms with van der Waals surface area (Å²) < 4.78 is 0. The Morgan fingerprint density at radius 2 is 1.91 bits per heavy atom. The highest BCUT2D eigenvalue weighted by molar-refractivity contribution is 6.30. The fraction of sp³-hybridized carbons (Fsp3) is 0.684. The zero-order valence-electron chi connectivity index (χ0n) is 14.7. The lowest BCUT2D eigenvalue weighted by molar-refractivity contribution is 0.163. The normalized spacial score (nSPS) is 21.0. The van der Waals surface area contributed by atoms with E-state index in [-0.39, 0.29) is 11.0 Å². The van der Waals surface area contributed by atoms with Crippen LogP contribution in [0.25, 0.3) is 0 Å². The van der Waals surface area contributed by atoms with Gasteiger partial charge >= 0.3 is 0 Å². The summed E-state index contributed by atoms with van der Waals surface area (Å²) in [4.78, 5) is 5.15. The number of anilines is 1. The summed E-state index contributed by atoms with van der Waals surface area (Å²) in [6, 6.07) is 6.48. The molecule has 1 aromatic rings. The first-order valence-electron chi connectivity index (χ1n) is 8.86. The van der Waals surface area contributed by atoms with E-state index < -0.39 is 0 Å². The van der Waals surface area contributed by atoms with Crippen molar-refractivity contribution in [3.05, 3.63) is 28.8 Å². The molecule has 2 aliphatic rings. The Labute approximate surface area is 145 Å². The molecule has 1 spiro atoms. The molecular weight excluding hydrogens is 306 g/mol. The van der Waals surface area contributed by atoms with Crippen LogP contribution in [0.2, 0.25) is 5.02 Å². The van der Waals surface area contributed by atoms with Gasteiger partial charge in [0.05, 0.1) is 0 Å². The van der Waals surface area contributed by atoms with Crippen LogP contribution in [-0.4, -0.2) is 43.2 Å². The molecular formula is C19H30ClN3. The van der Waals surface area contributed by atoms with Crippen LogP contribution in [0.1, 0.15) is 45.6 Å². The van der Waals surface area contributed by atoms with Crippen LogP contribution in [0, 0.1) is 0 Å². The average molecular weight is 336 g/mol. The van der Waals surface area contributed by atoms with Crippen molar-refractivity contribution in [1.29, 1.82) is 0 Å². The highest BCUT2D eigenvalue weighted by Crippen LogP contribution is 2.49. The van der Waals surface area contributed by atoms with Crippen LogP contribution in [0.3, 0.4) is 0 Å². The molecule has 128 valence electrons. The van der Waals surface area contributed by atoms with Crippen LogP contribution in [0.4, 0.5) is 5.69 Å². The lowest BCUT2D eigenvalue weighted by Crippen LogP contribution is -2.49. The number of fused-ring (bicyclic) bond motifs is 2. The van der Waals surface area contributed by atoms with Crippen molar-refractivity contribution in [2.75, 3.05) is 37.6 Å². The van der Waals surface area contributed by atoms with Gasteiger partial charge in [-0.3, -0.25) is 0 Å². The van der Waals surface area contributed by atoms with Crippen LogP contribution >= 0.6 is 11.6 Å². The van der Waals surface area contributed by atoms with Gasteiger partial charge in [0.1, 0.15) is 0 Å². The summed E-state index contributed by atoms with van der Waals surface area (Å²) in [5.74, 6) is 0. The fourth-order valence-corrected chi connectivity index (χ4v) is 4.36. The molecule has 0 aromatic heterocycles.